The van der Waals surface area contributed by atoms with E-state index in [-0.39, 0.29) is 18.7 Å². The zero-order chi connectivity index (χ0) is 15.5. The molecule has 0 aliphatic carbocycles. The molecule has 1 atom stereocenters. The number of amides is 2. The van der Waals surface area contributed by atoms with E-state index in [2.05, 4.69) is 10.1 Å². The maximum absolute atomic E-state index is 11.7. The number of nitrogens with zero attached hydrogens (tertiary/aromatic N) is 1. The summed E-state index contributed by atoms with van der Waals surface area (Å²) in [5.74, 6) is -1.29. The lowest BCUT2D eigenvalue weighted by Crippen LogP contribution is -2.46. The number of likely N-dealkylation sites (N-methyl/N-ethyl adjacent to an activating group) is 1. The first-order chi connectivity index (χ1) is 9.46. The Hall–Kier alpha value is -2.05. The highest BCUT2D eigenvalue weighted by atomic mass is 16.5. The summed E-state index contributed by atoms with van der Waals surface area (Å²) in [5, 5.41) is 2.68. The van der Waals surface area contributed by atoms with Gasteiger partial charge in [-0.1, -0.05) is 0 Å². The summed E-state index contributed by atoms with van der Waals surface area (Å²) in [6.45, 7) is 6.52. The summed E-state index contributed by atoms with van der Waals surface area (Å²) in [5.41, 5.74) is 0. The lowest BCUT2D eigenvalue weighted by Gasteiger charge is -2.27. The first kappa shape index (κ1) is 17.9. The predicted molar refractivity (Wildman–Crippen MR) is 73.0 cm³/mol. The van der Waals surface area contributed by atoms with E-state index in [0.29, 0.717) is 13.1 Å². The van der Waals surface area contributed by atoms with E-state index in [9.17, 15) is 14.4 Å². The number of carbonyl (C=O) groups is 3. The van der Waals surface area contributed by atoms with Gasteiger partial charge >= 0.3 is 18.0 Å². The van der Waals surface area contributed by atoms with E-state index in [0.717, 1.165) is 12.2 Å². The van der Waals surface area contributed by atoms with Crippen molar-refractivity contribution in [1.29, 1.82) is 0 Å². The second-order valence-electron chi connectivity index (χ2n) is 3.96. The van der Waals surface area contributed by atoms with Crippen molar-refractivity contribution in [1.82, 2.24) is 10.2 Å². The van der Waals surface area contributed by atoms with E-state index >= 15 is 0 Å². The van der Waals surface area contributed by atoms with Gasteiger partial charge in [-0.25, -0.2) is 14.4 Å². The Morgan fingerprint density at radius 2 is 1.80 bits per heavy atom. The fourth-order valence-electron chi connectivity index (χ4n) is 1.45. The number of ether oxygens (including phenoxy) is 2. The average Bonchev–Trinajstić information content (AvgIpc) is 2.43. The van der Waals surface area contributed by atoms with Crippen LogP contribution in [0.1, 0.15) is 20.8 Å². The van der Waals surface area contributed by atoms with E-state index in [1.54, 1.807) is 11.8 Å². The smallest absolute Gasteiger partial charge is 0.331 e. The van der Waals surface area contributed by atoms with Crippen LogP contribution in [0.4, 0.5) is 4.79 Å². The fraction of sp³-hybridized carbons (Fsp3) is 0.615. The van der Waals surface area contributed by atoms with Crippen LogP contribution in [0.2, 0.25) is 0 Å². The van der Waals surface area contributed by atoms with Crippen LogP contribution in [0.5, 0.6) is 0 Å². The molecule has 0 aromatic heterocycles. The van der Waals surface area contributed by atoms with Crippen molar-refractivity contribution in [2.75, 3.05) is 26.8 Å². The van der Waals surface area contributed by atoms with E-state index < -0.39 is 11.9 Å². The summed E-state index contributed by atoms with van der Waals surface area (Å²) < 4.78 is 9.30. The molecule has 1 unspecified atom stereocenters. The normalized spacial score (nSPS) is 11.8. The summed E-state index contributed by atoms with van der Waals surface area (Å²) in [4.78, 5) is 35.4. The Morgan fingerprint density at radius 3 is 2.30 bits per heavy atom. The molecule has 0 heterocycles. The molecule has 0 aliphatic heterocycles. The molecule has 7 nitrogen and oxygen atoms in total. The maximum atomic E-state index is 11.7. The highest BCUT2D eigenvalue weighted by molar-refractivity contribution is 5.91. The Bertz CT molecular complexity index is 368. The molecule has 0 bridgehead atoms. The minimum Gasteiger partial charge on any atom is -0.466 e. The van der Waals surface area contributed by atoms with Crippen LogP contribution in [0.25, 0.3) is 0 Å². The molecule has 0 saturated heterocycles. The third kappa shape index (κ3) is 6.77. The number of esters is 2. The number of nitrogens with one attached hydrogen (secondary N) is 1. The average molecular weight is 286 g/mol. The topological polar surface area (TPSA) is 84.9 Å². The van der Waals surface area contributed by atoms with Crippen molar-refractivity contribution in [3.63, 3.8) is 0 Å². The summed E-state index contributed by atoms with van der Waals surface area (Å²) in [6.07, 6.45) is 1.97. The maximum Gasteiger partial charge on any atom is 0.331 e. The second kappa shape index (κ2) is 9.82. The van der Waals surface area contributed by atoms with Crippen LogP contribution in [-0.4, -0.2) is 55.7 Å². The quantitative estimate of drug-likeness (QED) is 0.550. The summed E-state index contributed by atoms with van der Waals surface area (Å²) >= 11 is 0. The zero-order valence-corrected chi connectivity index (χ0v) is 12.3. The minimum absolute atomic E-state index is 0.0509. The molecule has 114 valence electrons. The SMILES string of the molecule is CCNC(=O)N(CC)C(C)COC(=O)/C=C/C(=O)OC. The summed E-state index contributed by atoms with van der Waals surface area (Å²) in [6, 6.07) is -0.467. The Labute approximate surface area is 118 Å². The van der Waals surface area contributed by atoms with Gasteiger partial charge in [-0.2, -0.15) is 0 Å². The highest BCUT2D eigenvalue weighted by Crippen LogP contribution is 2.01. The first-order valence-electron chi connectivity index (χ1n) is 6.43. The molecular weight excluding hydrogens is 264 g/mol. The standard InChI is InChI=1S/C13H22N2O5/c1-5-14-13(18)15(6-2)10(3)9-20-12(17)8-7-11(16)19-4/h7-8,10H,5-6,9H2,1-4H3,(H,14,18)/b8-7+. The lowest BCUT2D eigenvalue weighted by atomic mass is 10.3. The monoisotopic (exact) mass is 286 g/mol. The van der Waals surface area contributed by atoms with Gasteiger partial charge in [-0.3, -0.25) is 0 Å². The van der Waals surface area contributed by atoms with Crippen molar-refractivity contribution in [2.24, 2.45) is 0 Å². The Kier molecular flexibility index (Phi) is 8.82. The van der Waals surface area contributed by atoms with Gasteiger partial charge in [0.2, 0.25) is 0 Å². The molecule has 0 radical (unpaired) electrons. The van der Waals surface area contributed by atoms with Gasteiger partial charge in [-0.15, -0.1) is 0 Å². The second-order valence-corrected chi connectivity index (χ2v) is 3.96. The number of methoxy groups -OCH3 is 1. The van der Waals surface area contributed by atoms with Crippen molar-refractivity contribution in [3.05, 3.63) is 12.2 Å². The number of hydrogen-bond donors (Lipinski definition) is 1. The third-order valence-corrected chi connectivity index (χ3v) is 2.49. The number of hydrogen-bond acceptors (Lipinski definition) is 5. The molecule has 0 aromatic rings. The van der Waals surface area contributed by atoms with Crippen LogP contribution in [0.3, 0.4) is 0 Å². The Morgan fingerprint density at radius 1 is 1.20 bits per heavy atom. The molecule has 0 fully saturated rings. The number of urea groups is 1. The lowest BCUT2D eigenvalue weighted by molar-refractivity contribution is -0.140. The third-order valence-electron chi connectivity index (χ3n) is 2.49. The van der Waals surface area contributed by atoms with Crippen LogP contribution < -0.4 is 5.32 Å². The van der Waals surface area contributed by atoms with Crippen LogP contribution in [-0.2, 0) is 19.1 Å². The van der Waals surface area contributed by atoms with Gasteiger partial charge in [0, 0.05) is 25.2 Å². The van der Waals surface area contributed by atoms with Crippen molar-refractivity contribution in [3.8, 4) is 0 Å². The van der Waals surface area contributed by atoms with Gasteiger partial charge in [0.05, 0.1) is 13.2 Å². The van der Waals surface area contributed by atoms with Crippen LogP contribution in [0.15, 0.2) is 12.2 Å². The number of rotatable bonds is 7. The molecule has 0 aromatic carbocycles. The first-order valence-corrected chi connectivity index (χ1v) is 6.43. The molecule has 1 N–H and O–H groups in total. The van der Waals surface area contributed by atoms with Gasteiger partial charge in [0.15, 0.2) is 0 Å². The van der Waals surface area contributed by atoms with Gasteiger partial charge < -0.3 is 19.7 Å². The van der Waals surface area contributed by atoms with E-state index in [4.69, 9.17) is 4.74 Å². The van der Waals surface area contributed by atoms with Crippen LogP contribution >= 0.6 is 0 Å². The largest absolute Gasteiger partial charge is 0.466 e. The van der Waals surface area contributed by atoms with Crippen LogP contribution in [0, 0.1) is 0 Å². The van der Waals surface area contributed by atoms with Crippen molar-refractivity contribution in [2.45, 2.75) is 26.8 Å². The minimum atomic E-state index is -0.658. The predicted octanol–water partition coefficient (Wildman–Crippen LogP) is 0.699. The number of carbonyl (C=O) groups excluding carboxylic acids is 3. The molecule has 2 amide bonds. The van der Waals surface area contributed by atoms with Gasteiger partial charge in [0.1, 0.15) is 6.61 Å². The zero-order valence-electron chi connectivity index (χ0n) is 12.3. The molecule has 20 heavy (non-hydrogen) atoms. The van der Waals surface area contributed by atoms with Gasteiger partial charge in [0.25, 0.3) is 0 Å². The van der Waals surface area contributed by atoms with Crippen molar-refractivity contribution < 1.29 is 23.9 Å². The summed E-state index contributed by atoms with van der Waals surface area (Å²) in [7, 11) is 1.21. The van der Waals surface area contributed by atoms with Crippen molar-refractivity contribution >= 4 is 18.0 Å². The Balaban J connectivity index is 4.28. The fourth-order valence-corrected chi connectivity index (χ4v) is 1.45. The van der Waals surface area contributed by atoms with Gasteiger partial charge in [-0.05, 0) is 20.8 Å². The molecule has 0 rings (SSSR count). The highest BCUT2D eigenvalue weighted by Gasteiger charge is 2.18. The van der Waals surface area contributed by atoms with E-state index in [1.807, 2.05) is 13.8 Å². The molecule has 0 saturated carbocycles. The molecule has 7 heteroatoms. The molecule has 0 spiro atoms. The molecule has 0 aliphatic rings. The van der Waals surface area contributed by atoms with E-state index in [1.165, 1.54) is 7.11 Å². The molecular formula is C13H22N2O5.